The standard InChI is InChI=1S/C49H100O9/c1-3-5-7-9-11-13-15-17-18-19-21-23-25-27-29-31-33-51-35-37-53-39-41-55-43-45-57-47-49-58-48-46-56-44-42-54-40-38-52-36-34-50-32-30-28-26-24-22-20-16-14-12-10-8-6-4-2/h3-49H2,1-2H3. The van der Waals surface area contributed by atoms with Gasteiger partial charge in [-0.25, -0.2) is 0 Å². The third kappa shape index (κ3) is 55.6. The summed E-state index contributed by atoms with van der Waals surface area (Å²) >= 11 is 0. The van der Waals surface area contributed by atoms with Gasteiger partial charge in [-0.1, -0.05) is 187 Å². The minimum absolute atomic E-state index is 0.544. The van der Waals surface area contributed by atoms with Gasteiger partial charge in [0.2, 0.25) is 0 Å². The minimum atomic E-state index is 0.544. The van der Waals surface area contributed by atoms with Crippen LogP contribution in [0.3, 0.4) is 0 Å². The maximum atomic E-state index is 5.71. The third-order valence-electron chi connectivity index (χ3n) is 10.5. The number of unbranched alkanes of at least 4 members (excludes halogenated alkanes) is 27. The van der Waals surface area contributed by atoms with Gasteiger partial charge >= 0.3 is 0 Å². The molecule has 0 saturated carbocycles. The van der Waals surface area contributed by atoms with Crippen LogP contribution < -0.4 is 0 Å². The summed E-state index contributed by atoms with van der Waals surface area (Å²) < 4.78 is 50.4. The molecule has 0 aliphatic rings. The molecule has 58 heavy (non-hydrogen) atoms. The molecule has 0 aromatic carbocycles. The van der Waals surface area contributed by atoms with Gasteiger partial charge in [0.15, 0.2) is 0 Å². The Balaban J connectivity index is 3.05. The van der Waals surface area contributed by atoms with E-state index in [1.165, 1.54) is 173 Å². The lowest BCUT2D eigenvalue weighted by molar-refractivity contribution is -0.0250. The Labute approximate surface area is 360 Å². The van der Waals surface area contributed by atoms with E-state index in [-0.39, 0.29) is 0 Å². The summed E-state index contributed by atoms with van der Waals surface area (Å²) in [7, 11) is 0. The summed E-state index contributed by atoms with van der Waals surface area (Å²) in [6.07, 6.45) is 40.1. The van der Waals surface area contributed by atoms with Crippen LogP contribution in [0.5, 0.6) is 0 Å². The smallest absolute Gasteiger partial charge is 0.0701 e. The quantitative estimate of drug-likeness (QED) is 0.0556. The molecule has 0 saturated heterocycles. The topological polar surface area (TPSA) is 83.1 Å². The average molecular weight is 833 g/mol. The van der Waals surface area contributed by atoms with Gasteiger partial charge in [0.05, 0.1) is 106 Å². The van der Waals surface area contributed by atoms with Crippen LogP contribution in [-0.2, 0) is 42.6 Å². The Morgan fingerprint density at radius 2 is 0.259 bits per heavy atom. The molecule has 0 aliphatic heterocycles. The van der Waals surface area contributed by atoms with Crippen molar-refractivity contribution in [2.24, 2.45) is 0 Å². The first kappa shape index (κ1) is 57.6. The van der Waals surface area contributed by atoms with Gasteiger partial charge < -0.3 is 42.6 Å². The highest BCUT2D eigenvalue weighted by Gasteiger charge is 1.99. The minimum Gasteiger partial charge on any atom is -0.379 e. The Bertz CT molecular complexity index is 631. The van der Waals surface area contributed by atoms with Crippen molar-refractivity contribution in [2.45, 2.75) is 200 Å². The van der Waals surface area contributed by atoms with Crippen molar-refractivity contribution in [3.8, 4) is 0 Å². The van der Waals surface area contributed by atoms with Gasteiger partial charge in [0.25, 0.3) is 0 Å². The van der Waals surface area contributed by atoms with E-state index in [2.05, 4.69) is 13.8 Å². The molecule has 0 atom stereocenters. The summed E-state index contributed by atoms with van der Waals surface area (Å²) in [6.45, 7) is 15.5. The molecular weight excluding hydrogens is 733 g/mol. The molecule has 9 heteroatoms. The van der Waals surface area contributed by atoms with Crippen LogP contribution in [0.15, 0.2) is 0 Å². The first-order valence-corrected chi connectivity index (χ1v) is 25.1. The maximum Gasteiger partial charge on any atom is 0.0701 e. The normalized spacial score (nSPS) is 11.7. The summed E-state index contributed by atoms with van der Waals surface area (Å²) in [5, 5.41) is 0. The molecule has 350 valence electrons. The van der Waals surface area contributed by atoms with Crippen molar-refractivity contribution in [3.63, 3.8) is 0 Å². The number of rotatable bonds is 55. The predicted molar refractivity (Wildman–Crippen MR) is 243 cm³/mol. The van der Waals surface area contributed by atoms with Crippen LogP contribution in [-0.4, -0.2) is 119 Å². The van der Waals surface area contributed by atoms with Gasteiger partial charge in [-0.15, -0.1) is 0 Å². The van der Waals surface area contributed by atoms with Gasteiger partial charge in [-0.3, -0.25) is 0 Å². The van der Waals surface area contributed by atoms with Crippen LogP contribution in [0, 0.1) is 0 Å². The van der Waals surface area contributed by atoms with E-state index in [4.69, 9.17) is 42.6 Å². The molecule has 9 nitrogen and oxygen atoms in total. The molecule has 0 aliphatic carbocycles. The molecule has 0 spiro atoms. The molecule has 0 aromatic heterocycles. The predicted octanol–water partition coefficient (Wildman–Crippen LogP) is 12.5. The van der Waals surface area contributed by atoms with E-state index in [1.807, 2.05) is 0 Å². The summed E-state index contributed by atoms with van der Waals surface area (Å²) in [5.41, 5.74) is 0. The lowest BCUT2D eigenvalue weighted by Gasteiger charge is -2.09. The van der Waals surface area contributed by atoms with Gasteiger partial charge in [-0.05, 0) is 12.8 Å². The Hall–Kier alpha value is -0.360. The van der Waals surface area contributed by atoms with Crippen LogP contribution in [0.2, 0.25) is 0 Å². The fourth-order valence-electron chi connectivity index (χ4n) is 6.84. The molecule has 0 unspecified atom stereocenters. The zero-order valence-corrected chi connectivity index (χ0v) is 38.9. The third-order valence-corrected chi connectivity index (χ3v) is 10.5. The highest BCUT2D eigenvalue weighted by molar-refractivity contribution is 4.51. The van der Waals surface area contributed by atoms with Crippen LogP contribution in [0.25, 0.3) is 0 Å². The molecule has 0 N–H and O–H groups in total. The molecule has 0 radical (unpaired) electrons. The second kappa shape index (κ2) is 56.6. The molecule has 0 heterocycles. The second-order valence-electron chi connectivity index (χ2n) is 16.1. The molecule has 0 amide bonds. The molecule has 0 fully saturated rings. The average Bonchev–Trinajstić information content (AvgIpc) is 3.23. The van der Waals surface area contributed by atoms with Crippen molar-refractivity contribution in [1.82, 2.24) is 0 Å². The summed E-state index contributed by atoms with van der Waals surface area (Å²) in [6, 6.07) is 0. The zero-order valence-electron chi connectivity index (χ0n) is 38.9. The van der Waals surface area contributed by atoms with E-state index in [0.29, 0.717) is 106 Å². The van der Waals surface area contributed by atoms with E-state index in [1.54, 1.807) is 0 Å². The van der Waals surface area contributed by atoms with Crippen LogP contribution in [0.1, 0.15) is 200 Å². The van der Waals surface area contributed by atoms with Crippen molar-refractivity contribution in [3.05, 3.63) is 0 Å². The van der Waals surface area contributed by atoms with Crippen molar-refractivity contribution in [1.29, 1.82) is 0 Å². The molecule has 0 rings (SSSR count). The second-order valence-corrected chi connectivity index (χ2v) is 16.1. The first-order chi connectivity index (χ1) is 28.9. The fraction of sp³-hybridized carbons (Fsp3) is 1.00. The van der Waals surface area contributed by atoms with Gasteiger partial charge in [-0.2, -0.15) is 0 Å². The monoisotopic (exact) mass is 833 g/mol. The maximum absolute atomic E-state index is 5.71. The summed E-state index contributed by atoms with van der Waals surface area (Å²) in [5.74, 6) is 0. The Morgan fingerprint density at radius 1 is 0.138 bits per heavy atom. The van der Waals surface area contributed by atoms with E-state index in [9.17, 15) is 0 Å². The van der Waals surface area contributed by atoms with Crippen molar-refractivity contribution >= 4 is 0 Å². The Kier molecular flexibility index (Phi) is 56.3. The van der Waals surface area contributed by atoms with E-state index < -0.39 is 0 Å². The molecule has 0 bridgehead atoms. The molecule has 0 aromatic rings. The lowest BCUT2D eigenvalue weighted by Crippen LogP contribution is -2.15. The number of hydrogen-bond acceptors (Lipinski definition) is 9. The fourth-order valence-corrected chi connectivity index (χ4v) is 6.84. The van der Waals surface area contributed by atoms with Gasteiger partial charge in [0, 0.05) is 13.2 Å². The zero-order chi connectivity index (χ0) is 41.6. The van der Waals surface area contributed by atoms with Crippen LogP contribution in [0.4, 0.5) is 0 Å². The largest absolute Gasteiger partial charge is 0.379 e. The molecular formula is C49H100O9. The number of hydrogen-bond donors (Lipinski definition) is 0. The summed E-state index contributed by atoms with van der Waals surface area (Å²) in [4.78, 5) is 0. The van der Waals surface area contributed by atoms with Crippen LogP contribution >= 0.6 is 0 Å². The van der Waals surface area contributed by atoms with E-state index >= 15 is 0 Å². The lowest BCUT2D eigenvalue weighted by atomic mass is 10.0. The SMILES string of the molecule is CCCCCCCCCCCCCCCCCCOCCOCCOCCOCCOCCOCCOCCOCCOCCCCCCCCCCCCCCC. The first-order valence-electron chi connectivity index (χ1n) is 25.1. The highest BCUT2D eigenvalue weighted by atomic mass is 16.6. The van der Waals surface area contributed by atoms with Gasteiger partial charge in [0.1, 0.15) is 0 Å². The van der Waals surface area contributed by atoms with Crippen molar-refractivity contribution < 1.29 is 42.6 Å². The van der Waals surface area contributed by atoms with E-state index in [0.717, 1.165) is 26.1 Å². The Morgan fingerprint density at radius 3 is 0.414 bits per heavy atom. The highest BCUT2D eigenvalue weighted by Crippen LogP contribution is 2.14. The number of ether oxygens (including phenoxy) is 9. The van der Waals surface area contributed by atoms with Crippen molar-refractivity contribution in [2.75, 3.05) is 119 Å².